The van der Waals surface area contributed by atoms with Crippen LogP contribution in [-0.2, 0) is 16.1 Å². The molecular weight excluding hydrogens is 298 g/mol. The number of nitrogens with zero attached hydrogens (tertiary/aromatic N) is 3. The minimum Gasteiger partial charge on any atom is -0.376 e. The summed E-state index contributed by atoms with van der Waals surface area (Å²) in [5, 5.41) is 2.12. The summed E-state index contributed by atoms with van der Waals surface area (Å²) in [6.07, 6.45) is 0.240. The van der Waals surface area contributed by atoms with Crippen molar-refractivity contribution in [2.24, 2.45) is 0 Å². The lowest BCUT2D eigenvalue weighted by Crippen LogP contribution is -2.52. The smallest absolute Gasteiger partial charge is 0.236 e. The van der Waals surface area contributed by atoms with E-state index in [9.17, 15) is 4.79 Å². The van der Waals surface area contributed by atoms with Crippen LogP contribution in [-0.4, -0.2) is 79.1 Å². The van der Waals surface area contributed by atoms with Crippen LogP contribution in [0.25, 0.3) is 0 Å². The van der Waals surface area contributed by atoms with Crippen LogP contribution in [0.1, 0.15) is 11.8 Å². The third-order valence-electron chi connectivity index (χ3n) is 4.37. The maximum absolute atomic E-state index is 12.4. The first-order valence-electron chi connectivity index (χ1n) is 8.07. The van der Waals surface area contributed by atoms with Gasteiger partial charge in [0.15, 0.2) is 0 Å². The molecule has 3 heterocycles. The summed E-state index contributed by atoms with van der Waals surface area (Å²) in [4.78, 5) is 20.5. The van der Waals surface area contributed by atoms with Crippen molar-refractivity contribution in [2.75, 3.05) is 52.4 Å². The molecule has 0 N–H and O–H groups in total. The zero-order chi connectivity index (χ0) is 15.4. The van der Waals surface area contributed by atoms with Gasteiger partial charge in [-0.3, -0.25) is 14.6 Å². The zero-order valence-corrected chi connectivity index (χ0v) is 14.1. The van der Waals surface area contributed by atoms with Crippen LogP contribution < -0.4 is 0 Å². The minimum absolute atomic E-state index is 0.240. The van der Waals surface area contributed by atoms with Crippen LogP contribution in [0.4, 0.5) is 0 Å². The van der Waals surface area contributed by atoms with Gasteiger partial charge in [-0.1, -0.05) is 6.07 Å². The number of thiophene rings is 1. The molecule has 2 saturated heterocycles. The van der Waals surface area contributed by atoms with Gasteiger partial charge in [0.2, 0.25) is 5.91 Å². The van der Waals surface area contributed by atoms with Gasteiger partial charge >= 0.3 is 0 Å². The first-order valence-corrected chi connectivity index (χ1v) is 8.95. The van der Waals surface area contributed by atoms with Gasteiger partial charge < -0.3 is 9.64 Å². The van der Waals surface area contributed by atoms with Crippen LogP contribution in [0, 0.1) is 0 Å². The second-order valence-electron chi connectivity index (χ2n) is 6.15. The summed E-state index contributed by atoms with van der Waals surface area (Å²) in [6.45, 7) is 9.75. The molecule has 6 heteroatoms. The Morgan fingerprint density at radius 2 is 2.09 bits per heavy atom. The molecule has 1 aromatic rings. The Morgan fingerprint density at radius 1 is 1.27 bits per heavy atom. The van der Waals surface area contributed by atoms with Crippen LogP contribution in [0.2, 0.25) is 0 Å². The Balaban J connectivity index is 1.41. The first-order chi connectivity index (χ1) is 10.7. The molecule has 2 aliphatic heterocycles. The number of piperazine rings is 1. The number of rotatable bonds is 4. The van der Waals surface area contributed by atoms with Crippen molar-refractivity contribution in [3.05, 3.63) is 22.4 Å². The summed E-state index contributed by atoms with van der Waals surface area (Å²) < 4.78 is 5.53. The van der Waals surface area contributed by atoms with E-state index in [0.717, 1.165) is 52.4 Å². The number of amides is 1. The third-order valence-corrected chi connectivity index (χ3v) is 5.23. The van der Waals surface area contributed by atoms with Crippen molar-refractivity contribution in [3.63, 3.8) is 0 Å². The Morgan fingerprint density at radius 3 is 2.77 bits per heavy atom. The van der Waals surface area contributed by atoms with E-state index < -0.39 is 0 Å². The lowest BCUT2D eigenvalue weighted by atomic mass is 10.2. The summed E-state index contributed by atoms with van der Waals surface area (Å²) >= 11 is 1.81. The molecule has 0 saturated carbocycles. The fraction of sp³-hybridized carbons (Fsp3) is 0.688. The monoisotopic (exact) mass is 323 g/mol. The number of hydrogen-bond donors (Lipinski definition) is 0. The highest BCUT2D eigenvalue weighted by Gasteiger charge is 2.24. The van der Waals surface area contributed by atoms with E-state index in [1.165, 1.54) is 4.88 Å². The van der Waals surface area contributed by atoms with E-state index in [2.05, 4.69) is 34.2 Å². The van der Waals surface area contributed by atoms with Crippen molar-refractivity contribution in [1.29, 1.82) is 0 Å². The molecule has 122 valence electrons. The Bertz CT molecular complexity index is 472. The second kappa shape index (κ2) is 7.55. The highest BCUT2D eigenvalue weighted by atomic mass is 32.1. The SMILES string of the molecule is CC1CN(CC(=O)N2CCN(Cc3cccs3)CC2)CCO1. The van der Waals surface area contributed by atoms with Gasteiger partial charge in [-0.15, -0.1) is 11.3 Å². The predicted molar refractivity (Wildman–Crippen MR) is 88.0 cm³/mol. The van der Waals surface area contributed by atoms with E-state index in [1.54, 1.807) is 11.3 Å². The van der Waals surface area contributed by atoms with E-state index in [0.29, 0.717) is 6.54 Å². The molecular formula is C16H25N3O2S. The summed E-state index contributed by atoms with van der Waals surface area (Å²) in [5.41, 5.74) is 0. The van der Waals surface area contributed by atoms with E-state index in [1.807, 2.05) is 4.90 Å². The predicted octanol–water partition coefficient (Wildman–Crippen LogP) is 1.11. The van der Waals surface area contributed by atoms with E-state index in [-0.39, 0.29) is 12.0 Å². The van der Waals surface area contributed by atoms with Gasteiger partial charge in [0.25, 0.3) is 0 Å². The van der Waals surface area contributed by atoms with Crippen molar-refractivity contribution in [1.82, 2.24) is 14.7 Å². The first kappa shape index (κ1) is 15.9. The van der Waals surface area contributed by atoms with Gasteiger partial charge in [-0.25, -0.2) is 0 Å². The van der Waals surface area contributed by atoms with E-state index >= 15 is 0 Å². The molecule has 1 unspecified atom stereocenters. The normalized spacial score (nSPS) is 24.6. The molecule has 1 atom stereocenters. The second-order valence-corrected chi connectivity index (χ2v) is 7.19. The zero-order valence-electron chi connectivity index (χ0n) is 13.2. The van der Waals surface area contributed by atoms with E-state index in [4.69, 9.17) is 4.74 Å². The van der Waals surface area contributed by atoms with Gasteiger partial charge in [0.1, 0.15) is 0 Å². The topological polar surface area (TPSA) is 36.0 Å². The molecule has 3 rings (SSSR count). The molecule has 2 fully saturated rings. The highest BCUT2D eigenvalue weighted by molar-refractivity contribution is 7.09. The molecule has 0 bridgehead atoms. The van der Waals surface area contributed by atoms with Gasteiger partial charge in [-0.2, -0.15) is 0 Å². The summed E-state index contributed by atoms with van der Waals surface area (Å²) in [7, 11) is 0. The average Bonchev–Trinajstić information content (AvgIpc) is 3.01. The molecule has 1 amide bonds. The summed E-state index contributed by atoms with van der Waals surface area (Å²) in [6, 6.07) is 4.28. The molecule has 5 nitrogen and oxygen atoms in total. The number of carbonyl (C=O) groups is 1. The molecule has 0 spiro atoms. The lowest BCUT2D eigenvalue weighted by molar-refractivity contribution is -0.136. The van der Waals surface area contributed by atoms with Crippen LogP contribution >= 0.6 is 11.3 Å². The maximum atomic E-state index is 12.4. The van der Waals surface area contributed by atoms with Crippen molar-refractivity contribution < 1.29 is 9.53 Å². The Labute approximate surface area is 136 Å². The maximum Gasteiger partial charge on any atom is 0.236 e. The van der Waals surface area contributed by atoms with Crippen molar-refractivity contribution >= 4 is 17.2 Å². The van der Waals surface area contributed by atoms with Gasteiger partial charge in [0, 0.05) is 50.7 Å². The molecule has 1 aromatic heterocycles. The fourth-order valence-electron chi connectivity index (χ4n) is 3.10. The van der Waals surface area contributed by atoms with Crippen LogP contribution in [0.3, 0.4) is 0 Å². The largest absolute Gasteiger partial charge is 0.376 e. The molecule has 0 aliphatic carbocycles. The van der Waals surface area contributed by atoms with Crippen LogP contribution in [0.15, 0.2) is 17.5 Å². The highest BCUT2D eigenvalue weighted by Crippen LogP contribution is 2.14. The van der Waals surface area contributed by atoms with Crippen molar-refractivity contribution in [2.45, 2.75) is 19.6 Å². The van der Waals surface area contributed by atoms with Crippen molar-refractivity contribution in [3.8, 4) is 0 Å². The molecule has 22 heavy (non-hydrogen) atoms. The number of hydrogen-bond acceptors (Lipinski definition) is 5. The Kier molecular flexibility index (Phi) is 5.46. The molecule has 0 aromatic carbocycles. The van der Waals surface area contributed by atoms with Gasteiger partial charge in [0.05, 0.1) is 19.3 Å². The lowest BCUT2D eigenvalue weighted by Gasteiger charge is -2.37. The Hall–Kier alpha value is -0.950. The number of ether oxygens (including phenoxy) is 1. The molecule has 0 radical (unpaired) electrons. The minimum atomic E-state index is 0.240. The molecule has 2 aliphatic rings. The third kappa shape index (κ3) is 4.29. The van der Waals surface area contributed by atoms with Gasteiger partial charge in [-0.05, 0) is 18.4 Å². The number of carbonyl (C=O) groups excluding carboxylic acids is 1. The van der Waals surface area contributed by atoms with Crippen LogP contribution in [0.5, 0.6) is 0 Å². The fourth-order valence-corrected chi connectivity index (χ4v) is 3.85. The average molecular weight is 323 g/mol. The standard InChI is InChI=1S/C16H25N3O2S/c1-14-11-18(8-9-21-14)13-16(20)19-6-4-17(5-7-19)12-15-3-2-10-22-15/h2-3,10,14H,4-9,11-13H2,1H3. The number of morpholine rings is 1. The summed E-state index contributed by atoms with van der Waals surface area (Å²) in [5.74, 6) is 0.268. The quantitative estimate of drug-likeness (QED) is 0.832.